The highest BCUT2D eigenvalue weighted by atomic mass is 32.1. The minimum atomic E-state index is 0.440. The van der Waals surface area contributed by atoms with E-state index in [1.54, 1.807) is 24.5 Å². The Morgan fingerprint density at radius 2 is 2.12 bits per heavy atom. The second-order valence-electron chi connectivity index (χ2n) is 3.67. The molecule has 0 fully saturated rings. The van der Waals surface area contributed by atoms with Crippen molar-refractivity contribution in [1.29, 1.82) is 0 Å². The topological polar surface area (TPSA) is 73.9 Å². The van der Waals surface area contributed by atoms with Crippen LogP contribution in [-0.2, 0) is 17.8 Å². The molecule has 0 spiro atoms. The summed E-state index contributed by atoms with van der Waals surface area (Å²) in [4.78, 5) is 13.0. The maximum atomic E-state index is 5.72. The van der Waals surface area contributed by atoms with Gasteiger partial charge in [0.05, 0.1) is 29.4 Å². The minimum Gasteiger partial charge on any atom is -0.384 e. The minimum absolute atomic E-state index is 0.440. The SMILES string of the molecule is COCc1cc(N)nc(Cc2csc(C)n2)n1. The second kappa shape index (κ2) is 5.20. The lowest BCUT2D eigenvalue weighted by molar-refractivity contribution is 0.181. The smallest absolute Gasteiger partial charge is 0.137 e. The number of aromatic nitrogens is 3. The third-order valence-corrected chi connectivity index (χ3v) is 2.97. The van der Waals surface area contributed by atoms with Crippen LogP contribution >= 0.6 is 11.3 Å². The summed E-state index contributed by atoms with van der Waals surface area (Å²) >= 11 is 1.62. The van der Waals surface area contributed by atoms with E-state index in [2.05, 4.69) is 15.0 Å². The molecule has 2 aromatic heterocycles. The Hall–Kier alpha value is -1.53. The zero-order valence-corrected chi connectivity index (χ0v) is 10.6. The molecule has 2 rings (SSSR count). The molecule has 0 saturated heterocycles. The Balaban J connectivity index is 2.20. The highest BCUT2D eigenvalue weighted by Crippen LogP contribution is 2.12. The zero-order chi connectivity index (χ0) is 12.3. The molecule has 0 saturated carbocycles. The number of nitrogens with zero attached hydrogens (tertiary/aromatic N) is 3. The van der Waals surface area contributed by atoms with Crippen molar-refractivity contribution in [3.05, 3.63) is 33.7 Å². The molecule has 0 bridgehead atoms. The van der Waals surface area contributed by atoms with E-state index in [-0.39, 0.29) is 0 Å². The van der Waals surface area contributed by atoms with E-state index in [1.807, 2.05) is 12.3 Å². The Labute approximate surface area is 104 Å². The van der Waals surface area contributed by atoms with Crippen molar-refractivity contribution < 1.29 is 4.74 Å². The Morgan fingerprint density at radius 3 is 2.76 bits per heavy atom. The number of methoxy groups -OCH3 is 1. The van der Waals surface area contributed by atoms with E-state index in [4.69, 9.17) is 10.5 Å². The first-order valence-electron chi connectivity index (χ1n) is 5.19. The van der Waals surface area contributed by atoms with Crippen LogP contribution in [0.4, 0.5) is 5.82 Å². The highest BCUT2D eigenvalue weighted by molar-refractivity contribution is 7.09. The molecule has 0 aliphatic carbocycles. The molecule has 0 radical (unpaired) electrons. The number of hydrogen-bond acceptors (Lipinski definition) is 6. The van der Waals surface area contributed by atoms with Crippen LogP contribution in [0.1, 0.15) is 22.2 Å². The highest BCUT2D eigenvalue weighted by Gasteiger charge is 2.06. The monoisotopic (exact) mass is 250 g/mol. The van der Waals surface area contributed by atoms with Gasteiger partial charge < -0.3 is 10.5 Å². The van der Waals surface area contributed by atoms with E-state index in [0.717, 1.165) is 16.4 Å². The number of nitrogen functional groups attached to an aromatic ring is 1. The first kappa shape index (κ1) is 11.9. The van der Waals surface area contributed by atoms with Gasteiger partial charge in [-0.15, -0.1) is 11.3 Å². The van der Waals surface area contributed by atoms with Gasteiger partial charge in [-0.1, -0.05) is 0 Å². The summed E-state index contributed by atoms with van der Waals surface area (Å²) < 4.78 is 5.03. The Bertz CT molecular complexity index is 512. The molecule has 0 unspecified atom stereocenters. The van der Waals surface area contributed by atoms with E-state index in [0.29, 0.717) is 24.7 Å². The average Bonchev–Trinajstić information content (AvgIpc) is 2.63. The van der Waals surface area contributed by atoms with Crippen molar-refractivity contribution in [3.63, 3.8) is 0 Å². The van der Waals surface area contributed by atoms with E-state index >= 15 is 0 Å². The van der Waals surface area contributed by atoms with Crippen LogP contribution in [0.15, 0.2) is 11.4 Å². The molecular weight excluding hydrogens is 236 g/mol. The summed E-state index contributed by atoms with van der Waals surface area (Å²) in [5, 5.41) is 3.05. The summed E-state index contributed by atoms with van der Waals surface area (Å²) in [6.07, 6.45) is 0.603. The van der Waals surface area contributed by atoms with Crippen molar-refractivity contribution >= 4 is 17.2 Å². The molecule has 2 N–H and O–H groups in total. The van der Waals surface area contributed by atoms with Gasteiger partial charge in [-0.3, -0.25) is 0 Å². The maximum absolute atomic E-state index is 5.72. The lowest BCUT2D eigenvalue weighted by atomic mass is 10.3. The van der Waals surface area contributed by atoms with E-state index in [9.17, 15) is 0 Å². The predicted octanol–water partition coefficient (Wildman–Crippen LogP) is 1.56. The van der Waals surface area contributed by atoms with Gasteiger partial charge in [0.1, 0.15) is 11.6 Å². The largest absolute Gasteiger partial charge is 0.384 e. The number of hydrogen-bond donors (Lipinski definition) is 1. The normalized spacial score (nSPS) is 10.7. The zero-order valence-electron chi connectivity index (χ0n) is 9.80. The fourth-order valence-corrected chi connectivity index (χ4v) is 2.14. The number of ether oxygens (including phenoxy) is 1. The lowest BCUT2D eigenvalue weighted by Gasteiger charge is -2.03. The standard InChI is InChI=1S/C11H14N4OS/c1-7-13-9(6-17-7)4-11-14-8(5-16-2)3-10(12)15-11/h3,6H,4-5H2,1-2H3,(H2,12,14,15). The number of nitrogens with two attached hydrogens (primary N) is 1. The maximum Gasteiger partial charge on any atom is 0.137 e. The van der Waals surface area contributed by atoms with Gasteiger partial charge in [0, 0.05) is 18.6 Å². The van der Waals surface area contributed by atoms with Gasteiger partial charge in [-0.25, -0.2) is 15.0 Å². The van der Waals surface area contributed by atoms with Crippen LogP contribution in [0.2, 0.25) is 0 Å². The molecule has 0 atom stereocenters. The number of anilines is 1. The van der Waals surface area contributed by atoms with Crippen LogP contribution in [-0.4, -0.2) is 22.1 Å². The summed E-state index contributed by atoms with van der Waals surface area (Å²) in [7, 11) is 1.63. The first-order chi connectivity index (χ1) is 8.17. The molecule has 0 aliphatic heterocycles. The summed E-state index contributed by atoms with van der Waals surface area (Å²) in [6.45, 7) is 2.42. The van der Waals surface area contributed by atoms with Crippen LogP contribution in [0.3, 0.4) is 0 Å². The van der Waals surface area contributed by atoms with Gasteiger partial charge in [0.15, 0.2) is 0 Å². The second-order valence-corrected chi connectivity index (χ2v) is 4.73. The van der Waals surface area contributed by atoms with E-state index in [1.165, 1.54) is 0 Å². The molecule has 17 heavy (non-hydrogen) atoms. The van der Waals surface area contributed by atoms with Crippen molar-refractivity contribution in [2.45, 2.75) is 20.0 Å². The molecule has 90 valence electrons. The summed E-state index contributed by atoms with van der Waals surface area (Å²) in [6, 6.07) is 1.72. The van der Waals surface area contributed by atoms with Crippen molar-refractivity contribution in [3.8, 4) is 0 Å². The molecule has 2 aromatic rings. The number of aryl methyl sites for hydroxylation is 1. The molecule has 0 amide bonds. The summed E-state index contributed by atoms with van der Waals surface area (Å²) in [5.74, 6) is 1.15. The van der Waals surface area contributed by atoms with Crippen molar-refractivity contribution in [1.82, 2.24) is 15.0 Å². The van der Waals surface area contributed by atoms with Gasteiger partial charge in [0.2, 0.25) is 0 Å². The molecule has 5 nitrogen and oxygen atoms in total. The van der Waals surface area contributed by atoms with E-state index < -0.39 is 0 Å². The molecule has 0 aliphatic rings. The number of rotatable bonds is 4. The molecular formula is C11H14N4OS. The fourth-order valence-electron chi connectivity index (χ4n) is 1.53. The first-order valence-corrected chi connectivity index (χ1v) is 6.07. The Kier molecular flexibility index (Phi) is 3.65. The predicted molar refractivity (Wildman–Crippen MR) is 66.8 cm³/mol. The molecule has 0 aromatic carbocycles. The van der Waals surface area contributed by atoms with Gasteiger partial charge in [-0.2, -0.15) is 0 Å². The quantitative estimate of drug-likeness (QED) is 0.891. The molecule has 6 heteroatoms. The van der Waals surface area contributed by atoms with Crippen LogP contribution in [0.25, 0.3) is 0 Å². The van der Waals surface area contributed by atoms with Crippen LogP contribution in [0.5, 0.6) is 0 Å². The third-order valence-electron chi connectivity index (χ3n) is 2.14. The number of thiazole rings is 1. The average molecular weight is 250 g/mol. The van der Waals surface area contributed by atoms with Gasteiger partial charge in [-0.05, 0) is 6.92 Å². The van der Waals surface area contributed by atoms with Crippen LogP contribution < -0.4 is 5.73 Å². The van der Waals surface area contributed by atoms with Gasteiger partial charge >= 0.3 is 0 Å². The fraction of sp³-hybridized carbons (Fsp3) is 0.364. The van der Waals surface area contributed by atoms with Gasteiger partial charge in [0.25, 0.3) is 0 Å². The summed E-state index contributed by atoms with van der Waals surface area (Å²) in [5.41, 5.74) is 7.49. The van der Waals surface area contributed by atoms with Crippen molar-refractivity contribution in [2.75, 3.05) is 12.8 Å². The Morgan fingerprint density at radius 1 is 1.29 bits per heavy atom. The molecule has 2 heterocycles. The van der Waals surface area contributed by atoms with Crippen LogP contribution in [0, 0.1) is 6.92 Å². The lowest BCUT2D eigenvalue weighted by Crippen LogP contribution is -2.05. The van der Waals surface area contributed by atoms with Crippen molar-refractivity contribution in [2.24, 2.45) is 0 Å². The third kappa shape index (κ3) is 3.21.